The zero-order valence-corrected chi connectivity index (χ0v) is 22.6. The monoisotopic (exact) mass is 554 g/mol. The molecule has 3 aromatic rings. The van der Waals surface area contributed by atoms with Crippen molar-refractivity contribution < 1.29 is 23.1 Å². The van der Waals surface area contributed by atoms with Gasteiger partial charge in [0.05, 0.1) is 6.61 Å². The average Bonchev–Trinajstić information content (AvgIpc) is 3.66. The molecule has 0 radical (unpaired) electrons. The van der Waals surface area contributed by atoms with E-state index in [0.717, 1.165) is 37.2 Å². The minimum Gasteiger partial charge on any atom is -0.396 e. The number of hydrogen-bond donors (Lipinski definition) is 2. The fraction of sp³-hybridized carbons (Fsp3) is 0.517. The maximum Gasteiger partial charge on any atom is 0.274 e. The largest absolute Gasteiger partial charge is 0.396 e. The predicted molar refractivity (Wildman–Crippen MR) is 142 cm³/mol. The van der Waals surface area contributed by atoms with Gasteiger partial charge in [0.2, 0.25) is 5.92 Å². The van der Waals surface area contributed by atoms with Crippen LogP contribution in [-0.2, 0) is 19.0 Å². The molecule has 1 unspecified atom stereocenters. The van der Waals surface area contributed by atoms with Crippen LogP contribution < -0.4 is 5.32 Å². The van der Waals surface area contributed by atoms with Gasteiger partial charge in [0.15, 0.2) is 12.0 Å². The molecule has 2 aromatic heterocycles. The summed E-state index contributed by atoms with van der Waals surface area (Å²) in [7, 11) is 1.58. The molecule has 2 saturated carbocycles. The SMILES string of the molecule is Cn1cnnc1C(F)C1(c2cccc(NC(=O)c3cc(CN4CC(C)(CO)C4)cc(C4CC4)n3)c2)CC(F)(F)C1. The number of aryl methyl sites for hydroxylation is 1. The third-order valence-corrected chi connectivity index (χ3v) is 8.43. The van der Waals surface area contributed by atoms with Gasteiger partial charge in [0, 0.05) is 67.7 Å². The first-order valence-electron chi connectivity index (χ1n) is 13.6. The summed E-state index contributed by atoms with van der Waals surface area (Å²) in [4.78, 5) is 20.2. The van der Waals surface area contributed by atoms with Gasteiger partial charge in [-0.25, -0.2) is 18.2 Å². The van der Waals surface area contributed by atoms with Gasteiger partial charge >= 0.3 is 0 Å². The molecule has 3 heterocycles. The maximum atomic E-state index is 15.8. The number of amides is 1. The summed E-state index contributed by atoms with van der Waals surface area (Å²) in [6.45, 7) is 4.41. The molecule has 8 nitrogen and oxygen atoms in total. The summed E-state index contributed by atoms with van der Waals surface area (Å²) in [6.07, 6.45) is 0.298. The molecule has 11 heteroatoms. The fourth-order valence-electron chi connectivity index (χ4n) is 6.18. The Kier molecular flexibility index (Phi) is 6.49. The zero-order valence-electron chi connectivity index (χ0n) is 22.6. The van der Waals surface area contributed by atoms with Crippen LogP contribution in [0.1, 0.15) is 77.8 Å². The van der Waals surface area contributed by atoms with Crippen molar-refractivity contribution in [1.82, 2.24) is 24.6 Å². The highest BCUT2D eigenvalue weighted by molar-refractivity contribution is 6.03. The summed E-state index contributed by atoms with van der Waals surface area (Å²) in [5.41, 5.74) is 1.33. The van der Waals surface area contributed by atoms with Crippen LogP contribution in [0.25, 0.3) is 0 Å². The second kappa shape index (κ2) is 9.66. The Labute approximate surface area is 230 Å². The summed E-state index contributed by atoms with van der Waals surface area (Å²) >= 11 is 0. The molecule has 2 N–H and O–H groups in total. The van der Waals surface area contributed by atoms with Crippen LogP contribution in [0.4, 0.5) is 18.9 Å². The minimum atomic E-state index is -2.99. The first-order chi connectivity index (χ1) is 19.0. The number of halogens is 3. The third-order valence-electron chi connectivity index (χ3n) is 8.43. The molecule has 1 aromatic carbocycles. The van der Waals surface area contributed by atoms with E-state index in [-0.39, 0.29) is 23.5 Å². The Hall–Kier alpha value is -3.31. The van der Waals surface area contributed by atoms with Crippen LogP contribution in [0.3, 0.4) is 0 Å². The molecular weight excluding hydrogens is 521 g/mol. The second-order valence-corrected chi connectivity index (χ2v) is 12.2. The van der Waals surface area contributed by atoms with Crippen molar-refractivity contribution >= 4 is 11.6 Å². The van der Waals surface area contributed by atoms with Crippen molar-refractivity contribution in [2.75, 3.05) is 25.0 Å². The van der Waals surface area contributed by atoms with Crippen molar-refractivity contribution in [2.45, 2.75) is 62.6 Å². The number of benzene rings is 1. The third kappa shape index (κ3) is 5.01. The molecule has 2 aliphatic carbocycles. The van der Waals surface area contributed by atoms with E-state index >= 15 is 4.39 Å². The van der Waals surface area contributed by atoms with Crippen molar-refractivity contribution in [1.29, 1.82) is 0 Å². The normalized spacial score (nSPS) is 21.8. The molecule has 3 aliphatic rings. The summed E-state index contributed by atoms with van der Waals surface area (Å²) < 4.78 is 45.6. The molecule has 0 spiro atoms. The number of anilines is 1. The quantitative estimate of drug-likeness (QED) is 0.404. The molecule has 1 amide bonds. The highest BCUT2D eigenvalue weighted by atomic mass is 19.3. The van der Waals surface area contributed by atoms with E-state index in [2.05, 4.69) is 31.5 Å². The molecule has 1 aliphatic heterocycles. The van der Waals surface area contributed by atoms with E-state index in [1.807, 2.05) is 6.92 Å². The Morgan fingerprint density at radius 1 is 1.20 bits per heavy atom. The smallest absolute Gasteiger partial charge is 0.274 e. The van der Waals surface area contributed by atoms with E-state index < -0.39 is 36.3 Å². The van der Waals surface area contributed by atoms with Gasteiger partial charge in [-0.2, -0.15) is 0 Å². The lowest BCUT2D eigenvalue weighted by Crippen LogP contribution is -2.55. The maximum absolute atomic E-state index is 15.8. The lowest BCUT2D eigenvalue weighted by atomic mass is 9.59. The number of aliphatic hydroxyl groups is 1. The predicted octanol–water partition coefficient (Wildman–Crippen LogP) is 4.53. The number of nitrogens with zero attached hydrogens (tertiary/aromatic N) is 5. The standard InChI is InChI=1S/C29H33F3N6O2/c1-27(16-39)14-38(15-27)11-18-8-22(19-6-7-19)35-23(9-18)26(40)34-21-5-3-4-20(10-21)28(12-29(31,32)13-28)24(30)25-36-33-17-37(25)2/h3-5,8-10,17,19,24,39H,6-7,11-16H2,1-2H3,(H,34,40). The number of aliphatic hydroxyl groups excluding tert-OH is 1. The van der Waals surface area contributed by atoms with E-state index in [1.165, 1.54) is 10.9 Å². The number of alkyl halides is 3. The molecular formula is C29H33F3N6O2. The molecule has 6 rings (SSSR count). The Balaban J connectivity index is 1.23. The fourth-order valence-corrected chi connectivity index (χ4v) is 6.18. The Morgan fingerprint density at radius 3 is 2.58 bits per heavy atom. The van der Waals surface area contributed by atoms with Crippen LogP contribution in [-0.4, -0.2) is 61.3 Å². The lowest BCUT2D eigenvalue weighted by Gasteiger charge is -2.49. The first-order valence-corrected chi connectivity index (χ1v) is 13.6. The van der Waals surface area contributed by atoms with Gasteiger partial charge in [0.25, 0.3) is 5.91 Å². The number of hydrogen-bond acceptors (Lipinski definition) is 6. The number of aromatic nitrogens is 4. The number of pyridine rings is 1. The Morgan fingerprint density at radius 2 is 1.95 bits per heavy atom. The molecule has 40 heavy (non-hydrogen) atoms. The van der Waals surface area contributed by atoms with E-state index in [1.54, 1.807) is 37.4 Å². The number of carbonyl (C=O) groups is 1. The van der Waals surface area contributed by atoms with E-state index in [9.17, 15) is 18.7 Å². The van der Waals surface area contributed by atoms with Crippen molar-refractivity contribution in [3.8, 4) is 0 Å². The molecule has 3 fully saturated rings. The number of nitrogens with one attached hydrogen (secondary N) is 1. The van der Waals surface area contributed by atoms with Crippen LogP contribution >= 0.6 is 0 Å². The summed E-state index contributed by atoms with van der Waals surface area (Å²) in [6, 6.07) is 10.3. The highest BCUT2D eigenvalue weighted by Gasteiger charge is 2.62. The van der Waals surface area contributed by atoms with Gasteiger partial charge < -0.3 is 15.0 Å². The van der Waals surface area contributed by atoms with Crippen molar-refractivity contribution in [3.63, 3.8) is 0 Å². The molecule has 212 valence electrons. The average molecular weight is 555 g/mol. The molecule has 1 saturated heterocycles. The zero-order chi connectivity index (χ0) is 28.3. The van der Waals surface area contributed by atoms with Gasteiger partial charge in [-0.15, -0.1) is 10.2 Å². The number of likely N-dealkylation sites (tertiary alicyclic amines) is 1. The van der Waals surface area contributed by atoms with Gasteiger partial charge in [-0.3, -0.25) is 9.69 Å². The van der Waals surface area contributed by atoms with Gasteiger partial charge in [0.1, 0.15) is 12.0 Å². The summed E-state index contributed by atoms with van der Waals surface area (Å²) in [5, 5.41) is 20.0. The van der Waals surface area contributed by atoms with Crippen LogP contribution in [0.2, 0.25) is 0 Å². The number of carbonyl (C=O) groups excluding carboxylic acids is 1. The Bertz CT molecular complexity index is 1420. The van der Waals surface area contributed by atoms with Crippen molar-refractivity contribution in [2.24, 2.45) is 12.5 Å². The van der Waals surface area contributed by atoms with Crippen LogP contribution in [0.15, 0.2) is 42.7 Å². The summed E-state index contributed by atoms with van der Waals surface area (Å²) in [5.74, 6) is -3.07. The lowest BCUT2D eigenvalue weighted by molar-refractivity contribution is -0.151. The topological polar surface area (TPSA) is 96.2 Å². The van der Waals surface area contributed by atoms with Gasteiger partial charge in [-0.05, 0) is 48.2 Å². The first kappa shape index (κ1) is 26.9. The van der Waals surface area contributed by atoms with E-state index in [0.29, 0.717) is 23.7 Å². The minimum absolute atomic E-state index is 0.0138. The molecule has 1 atom stereocenters. The second-order valence-electron chi connectivity index (χ2n) is 12.2. The van der Waals surface area contributed by atoms with Crippen molar-refractivity contribution in [3.05, 3.63) is 71.1 Å². The van der Waals surface area contributed by atoms with Gasteiger partial charge in [-0.1, -0.05) is 19.1 Å². The van der Waals surface area contributed by atoms with Crippen LogP contribution in [0, 0.1) is 5.41 Å². The van der Waals surface area contributed by atoms with Crippen LogP contribution in [0.5, 0.6) is 0 Å². The highest BCUT2D eigenvalue weighted by Crippen LogP contribution is 2.60. The number of rotatable bonds is 9. The van der Waals surface area contributed by atoms with E-state index in [4.69, 9.17) is 0 Å². The molecule has 0 bridgehead atoms.